The maximum atomic E-state index is 6.17. The monoisotopic (exact) mass is 290 g/mol. The number of hydrogen-bond acceptors (Lipinski definition) is 5. The first-order chi connectivity index (χ1) is 9.33. The molecule has 4 nitrogen and oxygen atoms in total. The molecule has 19 heavy (non-hydrogen) atoms. The van der Waals surface area contributed by atoms with Gasteiger partial charge in [-0.3, -0.25) is 0 Å². The molecule has 0 fully saturated rings. The van der Waals surface area contributed by atoms with Crippen LogP contribution in [0.4, 0.5) is 0 Å². The third kappa shape index (κ3) is 1.66. The average Bonchev–Trinajstić information content (AvgIpc) is 3.04. The zero-order chi connectivity index (χ0) is 12.8. The highest BCUT2D eigenvalue weighted by Gasteiger charge is 2.17. The summed E-state index contributed by atoms with van der Waals surface area (Å²) in [5.74, 6) is 1.52. The van der Waals surface area contributed by atoms with Crippen molar-refractivity contribution in [3.05, 3.63) is 35.1 Å². The third-order valence-electron chi connectivity index (χ3n) is 3.01. The number of hydrogen-bond donors (Lipinski definition) is 0. The highest BCUT2D eigenvalue weighted by atomic mass is 35.5. The summed E-state index contributed by atoms with van der Waals surface area (Å²) in [5, 5.41) is 3.38. The number of fused-ring (bicyclic) bond motifs is 2. The van der Waals surface area contributed by atoms with E-state index in [9.17, 15) is 0 Å². The highest BCUT2D eigenvalue weighted by Crippen LogP contribution is 2.40. The summed E-state index contributed by atoms with van der Waals surface area (Å²) < 4.78 is 10.7. The van der Waals surface area contributed by atoms with E-state index >= 15 is 0 Å². The second-order valence-corrected chi connectivity index (χ2v) is 5.28. The minimum Gasteiger partial charge on any atom is -0.454 e. The first-order valence-electron chi connectivity index (χ1n) is 5.60. The topological polar surface area (TPSA) is 44.2 Å². The van der Waals surface area contributed by atoms with Gasteiger partial charge in [-0.25, -0.2) is 9.97 Å². The quantitative estimate of drug-likeness (QED) is 0.640. The van der Waals surface area contributed by atoms with Crippen molar-refractivity contribution in [2.24, 2.45) is 0 Å². The molecule has 0 saturated heterocycles. The number of thiophene rings is 1. The normalized spacial score (nSPS) is 13.1. The van der Waals surface area contributed by atoms with E-state index in [4.69, 9.17) is 21.1 Å². The van der Waals surface area contributed by atoms with Gasteiger partial charge in [0.1, 0.15) is 16.3 Å². The Morgan fingerprint density at radius 2 is 2.05 bits per heavy atom. The SMILES string of the molecule is Clc1ncnc2scc(-c3ccc4c(c3)OCO4)c12. The number of aromatic nitrogens is 2. The summed E-state index contributed by atoms with van der Waals surface area (Å²) in [6, 6.07) is 5.84. The molecule has 0 saturated carbocycles. The van der Waals surface area contributed by atoms with Crippen molar-refractivity contribution in [3.8, 4) is 22.6 Å². The molecule has 0 bridgehead atoms. The molecule has 1 aromatic carbocycles. The van der Waals surface area contributed by atoms with Crippen LogP contribution in [0, 0.1) is 0 Å². The Balaban J connectivity index is 1.95. The van der Waals surface area contributed by atoms with E-state index in [0.29, 0.717) is 5.15 Å². The number of nitrogens with zero attached hydrogens (tertiary/aromatic N) is 2. The lowest BCUT2D eigenvalue weighted by Gasteiger charge is -2.02. The molecule has 4 rings (SSSR count). The van der Waals surface area contributed by atoms with E-state index in [1.54, 1.807) is 11.3 Å². The fourth-order valence-electron chi connectivity index (χ4n) is 2.12. The molecule has 0 spiro atoms. The van der Waals surface area contributed by atoms with Crippen molar-refractivity contribution in [3.63, 3.8) is 0 Å². The van der Waals surface area contributed by atoms with Gasteiger partial charge < -0.3 is 9.47 Å². The van der Waals surface area contributed by atoms with E-state index in [0.717, 1.165) is 32.8 Å². The predicted octanol–water partition coefficient (Wildman–Crippen LogP) is 3.74. The molecule has 0 unspecified atom stereocenters. The summed E-state index contributed by atoms with van der Waals surface area (Å²) in [6.07, 6.45) is 1.48. The summed E-state index contributed by atoms with van der Waals surface area (Å²) in [5.41, 5.74) is 2.04. The van der Waals surface area contributed by atoms with Crippen LogP contribution in [0.25, 0.3) is 21.3 Å². The molecule has 0 N–H and O–H groups in total. The van der Waals surface area contributed by atoms with Gasteiger partial charge in [0.2, 0.25) is 6.79 Å². The summed E-state index contributed by atoms with van der Waals surface area (Å²) >= 11 is 7.72. The van der Waals surface area contributed by atoms with Crippen LogP contribution in [-0.2, 0) is 0 Å². The maximum absolute atomic E-state index is 6.17. The van der Waals surface area contributed by atoms with Gasteiger partial charge in [-0.1, -0.05) is 17.7 Å². The second kappa shape index (κ2) is 4.08. The minimum atomic E-state index is 0.271. The highest BCUT2D eigenvalue weighted by molar-refractivity contribution is 7.17. The van der Waals surface area contributed by atoms with Crippen LogP contribution < -0.4 is 9.47 Å². The van der Waals surface area contributed by atoms with Crippen molar-refractivity contribution in [2.75, 3.05) is 6.79 Å². The summed E-state index contributed by atoms with van der Waals surface area (Å²) in [4.78, 5) is 9.15. The van der Waals surface area contributed by atoms with Gasteiger partial charge in [0.05, 0.1) is 5.39 Å². The van der Waals surface area contributed by atoms with E-state index < -0.39 is 0 Å². The molecule has 3 aromatic rings. The van der Waals surface area contributed by atoms with Crippen LogP contribution in [0.5, 0.6) is 11.5 Å². The Bertz CT molecular complexity index is 787. The van der Waals surface area contributed by atoms with E-state index in [-0.39, 0.29) is 6.79 Å². The Kier molecular flexibility index (Phi) is 2.36. The number of benzene rings is 1. The zero-order valence-electron chi connectivity index (χ0n) is 9.59. The van der Waals surface area contributed by atoms with Gasteiger partial charge in [0, 0.05) is 10.9 Å². The summed E-state index contributed by atoms with van der Waals surface area (Å²) in [6.45, 7) is 0.271. The van der Waals surface area contributed by atoms with Gasteiger partial charge in [-0.2, -0.15) is 0 Å². The number of ether oxygens (including phenoxy) is 2. The van der Waals surface area contributed by atoms with Gasteiger partial charge >= 0.3 is 0 Å². The van der Waals surface area contributed by atoms with E-state index in [1.807, 2.05) is 23.6 Å². The standard InChI is InChI=1S/C13H7ClN2O2S/c14-12-11-8(4-19-13(11)16-5-15-12)7-1-2-9-10(3-7)18-6-17-9/h1-5H,6H2. The van der Waals surface area contributed by atoms with E-state index in [2.05, 4.69) is 9.97 Å². The van der Waals surface area contributed by atoms with Gasteiger partial charge in [0.15, 0.2) is 11.5 Å². The molecule has 3 heterocycles. The fraction of sp³-hybridized carbons (Fsp3) is 0.0769. The molecular formula is C13H7ClN2O2S. The zero-order valence-corrected chi connectivity index (χ0v) is 11.2. The molecule has 1 aliphatic heterocycles. The van der Waals surface area contributed by atoms with Crippen molar-refractivity contribution < 1.29 is 9.47 Å². The molecule has 94 valence electrons. The van der Waals surface area contributed by atoms with Crippen LogP contribution in [0.2, 0.25) is 5.15 Å². The third-order valence-corrected chi connectivity index (χ3v) is 4.18. The lowest BCUT2D eigenvalue weighted by atomic mass is 10.1. The van der Waals surface area contributed by atoms with Crippen LogP contribution >= 0.6 is 22.9 Å². The second-order valence-electron chi connectivity index (χ2n) is 4.06. The van der Waals surface area contributed by atoms with Crippen LogP contribution in [0.15, 0.2) is 29.9 Å². The van der Waals surface area contributed by atoms with Crippen molar-refractivity contribution in [1.82, 2.24) is 9.97 Å². The average molecular weight is 291 g/mol. The minimum absolute atomic E-state index is 0.271. The fourth-order valence-corrected chi connectivity index (χ4v) is 3.32. The van der Waals surface area contributed by atoms with Crippen molar-refractivity contribution >= 4 is 33.2 Å². The molecule has 0 aliphatic carbocycles. The number of rotatable bonds is 1. The van der Waals surface area contributed by atoms with Crippen LogP contribution in [-0.4, -0.2) is 16.8 Å². The molecule has 1 aliphatic rings. The molecule has 0 radical (unpaired) electrons. The Hall–Kier alpha value is -1.85. The lowest BCUT2D eigenvalue weighted by Crippen LogP contribution is -1.92. The van der Waals surface area contributed by atoms with Crippen molar-refractivity contribution in [2.45, 2.75) is 0 Å². The first kappa shape index (κ1) is 11.0. The number of halogens is 1. The van der Waals surface area contributed by atoms with Gasteiger partial charge in [-0.05, 0) is 17.7 Å². The largest absolute Gasteiger partial charge is 0.454 e. The summed E-state index contributed by atoms with van der Waals surface area (Å²) in [7, 11) is 0. The Morgan fingerprint density at radius 3 is 3.00 bits per heavy atom. The Morgan fingerprint density at radius 1 is 1.16 bits per heavy atom. The van der Waals surface area contributed by atoms with Crippen LogP contribution in [0.1, 0.15) is 0 Å². The Labute approximate surface area is 117 Å². The predicted molar refractivity (Wildman–Crippen MR) is 74.0 cm³/mol. The molecule has 2 aromatic heterocycles. The lowest BCUT2D eigenvalue weighted by molar-refractivity contribution is 0.174. The molecule has 6 heteroatoms. The maximum Gasteiger partial charge on any atom is 0.231 e. The first-order valence-corrected chi connectivity index (χ1v) is 6.86. The molecular weight excluding hydrogens is 284 g/mol. The molecule has 0 atom stereocenters. The van der Waals surface area contributed by atoms with Gasteiger partial charge in [0.25, 0.3) is 0 Å². The van der Waals surface area contributed by atoms with Crippen molar-refractivity contribution in [1.29, 1.82) is 0 Å². The van der Waals surface area contributed by atoms with Gasteiger partial charge in [-0.15, -0.1) is 11.3 Å². The smallest absolute Gasteiger partial charge is 0.231 e. The molecule has 0 amide bonds. The van der Waals surface area contributed by atoms with E-state index in [1.165, 1.54) is 6.33 Å². The van der Waals surface area contributed by atoms with Crippen LogP contribution in [0.3, 0.4) is 0 Å².